The van der Waals surface area contributed by atoms with Crippen LogP contribution in [0.15, 0.2) is 42.6 Å². The molecule has 1 unspecified atom stereocenters. The molecule has 33 heavy (non-hydrogen) atoms. The Balaban J connectivity index is 1.57. The van der Waals surface area contributed by atoms with E-state index >= 15 is 0 Å². The number of fused-ring (bicyclic) bond motifs is 1. The van der Waals surface area contributed by atoms with Crippen molar-refractivity contribution in [1.82, 2.24) is 20.2 Å². The molecule has 10 heteroatoms. The van der Waals surface area contributed by atoms with Gasteiger partial charge < -0.3 is 20.3 Å². The molecule has 1 aliphatic heterocycles. The number of carbonyl (C=O) groups is 3. The van der Waals surface area contributed by atoms with Crippen LogP contribution in [0.1, 0.15) is 28.9 Å². The number of likely N-dealkylation sites (tertiary alicyclic amines) is 1. The zero-order valence-electron chi connectivity index (χ0n) is 17.6. The molecule has 2 amide bonds. The predicted molar refractivity (Wildman–Crippen MR) is 119 cm³/mol. The lowest BCUT2D eigenvalue weighted by molar-refractivity contribution is -0.146. The topological polar surface area (TPSA) is 115 Å². The summed E-state index contributed by atoms with van der Waals surface area (Å²) in [4.78, 5) is 46.2. The molecule has 1 aromatic carbocycles. The molecule has 8 nitrogen and oxygen atoms in total. The maximum absolute atomic E-state index is 13.3. The lowest BCUT2D eigenvalue weighted by atomic mass is 9.96. The molecule has 0 saturated carbocycles. The Morgan fingerprint density at radius 1 is 1.27 bits per heavy atom. The molecular formula is C23H22ClFN4O4. The fraction of sp³-hybridized carbons (Fsp3) is 0.304. The zero-order valence-corrected chi connectivity index (χ0v) is 18.3. The molecule has 1 saturated heterocycles. The monoisotopic (exact) mass is 472 g/mol. The van der Waals surface area contributed by atoms with E-state index in [9.17, 15) is 23.9 Å². The minimum atomic E-state index is -0.955. The quantitative estimate of drug-likeness (QED) is 0.477. The number of pyridine rings is 1. The van der Waals surface area contributed by atoms with Gasteiger partial charge in [-0.25, -0.2) is 9.37 Å². The summed E-state index contributed by atoms with van der Waals surface area (Å²) in [6, 6.07) is 7.94. The van der Waals surface area contributed by atoms with E-state index in [1.54, 1.807) is 24.3 Å². The molecule has 2 atom stereocenters. The van der Waals surface area contributed by atoms with Crippen molar-refractivity contribution in [2.24, 2.45) is 5.92 Å². The number of piperidine rings is 1. The zero-order chi connectivity index (χ0) is 23.5. The van der Waals surface area contributed by atoms with Crippen molar-refractivity contribution in [2.75, 3.05) is 13.1 Å². The second-order valence-corrected chi connectivity index (χ2v) is 8.48. The number of hydrogen-bond donors (Lipinski definition) is 3. The van der Waals surface area contributed by atoms with Crippen molar-refractivity contribution in [3.63, 3.8) is 0 Å². The number of hydrogen-bond acceptors (Lipinski definition) is 4. The Morgan fingerprint density at radius 2 is 2.03 bits per heavy atom. The first-order valence-electron chi connectivity index (χ1n) is 10.5. The molecule has 4 rings (SSSR count). The molecule has 0 bridgehead atoms. The maximum Gasteiger partial charge on any atom is 0.308 e. The molecule has 1 fully saturated rings. The number of benzene rings is 1. The summed E-state index contributed by atoms with van der Waals surface area (Å²) in [5, 5.41) is 13.1. The number of halogens is 2. The Labute approximate surface area is 193 Å². The highest BCUT2D eigenvalue weighted by Gasteiger charge is 2.33. The van der Waals surface area contributed by atoms with Crippen LogP contribution in [0.5, 0.6) is 0 Å². The van der Waals surface area contributed by atoms with Gasteiger partial charge in [-0.3, -0.25) is 14.4 Å². The van der Waals surface area contributed by atoms with Gasteiger partial charge >= 0.3 is 5.97 Å². The Hall–Kier alpha value is -3.46. The summed E-state index contributed by atoms with van der Waals surface area (Å²) in [5.41, 5.74) is 1.51. The SMILES string of the molecule is O=C(N[C@@H](Cc1ccc(F)cc1)C(=O)N1CCCC(C(=O)O)C1)c1cc2cc(Cl)ncc2[nH]1. The Kier molecular flexibility index (Phi) is 6.60. The minimum absolute atomic E-state index is 0.0838. The molecule has 3 aromatic rings. The smallest absolute Gasteiger partial charge is 0.308 e. The number of aromatic amines is 1. The summed E-state index contributed by atoms with van der Waals surface area (Å²) >= 11 is 5.91. The van der Waals surface area contributed by atoms with Crippen LogP contribution in [0.2, 0.25) is 5.15 Å². The normalized spacial score (nSPS) is 17.0. The molecule has 172 valence electrons. The van der Waals surface area contributed by atoms with E-state index in [4.69, 9.17) is 11.6 Å². The summed E-state index contributed by atoms with van der Waals surface area (Å²) in [6.07, 6.45) is 2.71. The van der Waals surface area contributed by atoms with Crippen LogP contribution in [0.4, 0.5) is 4.39 Å². The second-order valence-electron chi connectivity index (χ2n) is 8.10. The molecule has 1 aliphatic rings. The van der Waals surface area contributed by atoms with E-state index in [1.165, 1.54) is 23.2 Å². The van der Waals surface area contributed by atoms with Crippen LogP contribution in [-0.4, -0.2) is 56.9 Å². The molecule has 0 aliphatic carbocycles. The van der Waals surface area contributed by atoms with Gasteiger partial charge in [0.1, 0.15) is 22.7 Å². The summed E-state index contributed by atoms with van der Waals surface area (Å²) in [6.45, 7) is 0.496. The largest absolute Gasteiger partial charge is 0.481 e. The van der Waals surface area contributed by atoms with Crippen LogP contribution in [0.3, 0.4) is 0 Å². The lowest BCUT2D eigenvalue weighted by Gasteiger charge is -2.33. The Bertz CT molecular complexity index is 1200. The van der Waals surface area contributed by atoms with Gasteiger partial charge in [-0.2, -0.15) is 0 Å². The molecule has 0 spiro atoms. The fourth-order valence-corrected chi connectivity index (χ4v) is 4.18. The van der Waals surface area contributed by atoms with Gasteiger partial charge in [0.25, 0.3) is 5.91 Å². The van der Waals surface area contributed by atoms with Crippen molar-refractivity contribution < 1.29 is 23.9 Å². The number of carbonyl (C=O) groups excluding carboxylic acids is 2. The first-order chi connectivity index (χ1) is 15.8. The summed E-state index contributed by atoms with van der Waals surface area (Å²) in [7, 11) is 0. The number of carboxylic acids is 1. The van der Waals surface area contributed by atoms with E-state index in [1.807, 2.05) is 0 Å². The molecular weight excluding hydrogens is 451 g/mol. The minimum Gasteiger partial charge on any atom is -0.481 e. The third-order valence-corrected chi connectivity index (χ3v) is 5.96. The number of rotatable bonds is 6. The summed E-state index contributed by atoms with van der Waals surface area (Å²) in [5.74, 6) is -2.88. The number of carboxylic acid groups (broad SMARTS) is 1. The van der Waals surface area contributed by atoms with Gasteiger partial charge in [-0.1, -0.05) is 23.7 Å². The average molecular weight is 473 g/mol. The average Bonchev–Trinajstić information content (AvgIpc) is 3.23. The van der Waals surface area contributed by atoms with Crippen molar-refractivity contribution in [2.45, 2.75) is 25.3 Å². The van der Waals surface area contributed by atoms with E-state index in [-0.39, 0.29) is 29.7 Å². The van der Waals surface area contributed by atoms with Gasteiger partial charge in [0.15, 0.2) is 0 Å². The van der Waals surface area contributed by atoms with Crippen LogP contribution in [0, 0.1) is 11.7 Å². The highest BCUT2D eigenvalue weighted by Crippen LogP contribution is 2.20. The van der Waals surface area contributed by atoms with Gasteiger partial charge in [0.2, 0.25) is 5.91 Å². The van der Waals surface area contributed by atoms with Crippen LogP contribution >= 0.6 is 11.6 Å². The van der Waals surface area contributed by atoms with E-state index < -0.39 is 29.7 Å². The first kappa shape index (κ1) is 22.7. The summed E-state index contributed by atoms with van der Waals surface area (Å²) < 4.78 is 13.3. The standard InChI is InChI=1S/C23H22ClFN4O4/c24-20-10-15-9-17(27-19(15)11-26-20)21(30)28-18(8-13-3-5-16(25)6-4-13)22(31)29-7-1-2-14(12-29)23(32)33/h3-6,9-11,14,18,27H,1-2,7-8,12H2,(H,28,30)(H,32,33)/t14?,18-/m0/s1. The number of aromatic nitrogens is 2. The van der Waals surface area contributed by atoms with Crippen LogP contribution in [-0.2, 0) is 16.0 Å². The lowest BCUT2D eigenvalue weighted by Crippen LogP contribution is -2.53. The van der Waals surface area contributed by atoms with Crippen molar-refractivity contribution >= 4 is 40.3 Å². The first-order valence-corrected chi connectivity index (χ1v) is 10.9. The maximum atomic E-state index is 13.3. The van der Waals surface area contributed by atoms with Crippen molar-refractivity contribution in [1.29, 1.82) is 0 Å². The third kappa shape index (κ3) is 5.31. The van der Waals surface area contributed by atoms with Crippen LogP contribution < -0.4 is 5.32 Å². The highest BCUT2D eigenvalue weighted by atomic mass is 35.5. The number of nitrogens with one attached hydrogen (secondary N) is 2. The van der Waals surface area contributed by atoms with Crippen molar-refractivity contribution in [3.8, 4) is 0 Å². The second kappa shape index (κ2) is 9.58. The number of amides is 2. The van der Waals surface area contributed by atoms with E-state index in [0.717, 1.165) is 0 Å². The van der Waals surface area contributed by atoms with Gasteiger partial charge in [-0.05, 0) is 42.7 Å². The Morgan fingerprint density at radius 3 is 2.76 bits per heavy atom. The van der Waals surface area contributed by atoms with Gasteiger partial charge in [0, 0.05) is 24.9 Å². The van der Waals surface area contributed by atoms with Crippen LogP contribution in [0.25, 0.3) is 10.9 Å². The number of nitrogens with zero attached hydrogens (tertiary/aromatic N) is 2. The van der Waals surface area contributed by atoms with Crippen molar-refractivity contribution in [3.05, 3.63) is 64.8 Å². The fourth-order valence-electron chi connectivity index (χ4n) is 4.02. The molecule has 0 radical (unpaired) electrons. The molecule has 3 heterocycles. The number of H-pyrrole nitrogens is 1. The molecule has 2 aromatic heterocycles. The predicted octanol–water partition coefficient (Wildman–Crippen LogP) is 3.02. The van der Waals surface area contributed by atoms with Gasteiger partial charge in [-0.15, -0.1) is 0 Å². The third-order valence-electron chi connectivity index (χ3n) is 5.76. The highest BCUT2D eigenvalue weighted by molar-refractivity contribution is 6.30. The van der Waals surface area contributed by atoms with E-state index in [2.05, 4.69) is 15.3 Å². The van der Waals surface area contributed by atoms with E-state index in [0.29, 0.717) is 35.9 Å². The van der Waals surface area contributed by atoms with Gasteiger partial charge in [0.05, 0.1) is 17.6 Å². The number of aliphatic carboxylic acids is 1. The molecule has 3 N–H and O–H groups in total.